The smallest absolute Gasteiger partial charge is 0.210 e. The molecule has 0 radical (unpaired) electrons. The number of hydrazine groups is 1. The highest BCUT2D eigenvalue weighted by Crippen LogP contribution is 2.31. The molecule has 0 saturated heterocycles. The maximum atomic E-state index is 6.23. The van der Waals surface area contributed by atoms with Gasteiger partial charge in [0.15, 0.2) is 0 Å². The van der Waals surface area contributed by atoms with Gasteiger partial charge >= 0.3 is 0 Å². The van der Waals surface area contributed by atoms with Gasteiger partial charge in [-0.1, -0.05) is 0 Å². The zero-order valence-corrected chi connectivity index (χ0v) is 12.0. The van der Waals surface area contributed by atoms with Gasteiger partial charge in [0.25, 0.3) is 0 Å². The molecule has 0 amide bonds. The van der Waals surface area contributed by atoms with E-state index in [1.807, 2.05) is 0 Å². The van der Waals surface area contributed by atoms with Crippen LogP contribution in [0.5, 0.6) is 0 Å². The lowest BCUT2D eigenvalue weighted by molar-refractivity contribution is 0.241. The quantitative estimate of drug-likeness (QED) is 0.588. The van der Waals surface area contributed by atoms with Gasteiger partial charge in [0, 0.05) is 43.5 Å². The first-order valence-electron chi connectivity index (χ1n) is 7.50. The molecule has 0 aromatic carbocycles. The van der Waals surface area contributed by atoms with Crippen molar-refractivity contribution in [3.63, 3.8) is 0 Å². The lowest BCUT2D eigenvalue weighted by atomic mass is 10.0. The van der Waals surface area contributed by atoms with Crippen molar-refractivity contribution in [3.05, 3.63) is 29.1 Å². The van der Waals surface area contributed by atoms with Crippen LogP contribution < -0.4 is 22.3 Å². The first-order valence-corrected chi connectivity index (χ1v) is 7.50. The van der Waals surface area contributed by atoms with Crippen molar-refractivity contribution in [1.29, 1.82) is 0 Å². The summed E-state index contributed by atoms with van der Waals surface area (Å²) < 4.78 is 0. The van der Waals surface area contributed by atoms with Crippen molar-refractivity contribution in [1.82, 2.24) is 20.7 Å². The van der Waals surface area contributed by atoms with Crippen LogP contribution in [-0.4, -0.2) is 28.9 Å². The first-order chi connectivity index (χ1) is 10.1. The van der Waals surface area contributed by atoms with Gasteiger partial charge in [-0.3, -0.25) is 21.0 Å². The largest absolute Gasteiger partial charge is 0.369 e. The molecule has 7 nitrogen and oxygen atoms in total. The number of aromatic nitrogens is 1. The molecular weight excluding hydrogens is 266 g/mol. The van der Waals surface area contributed by atoms with Crippen LogP contribution in [0.3, 0.4) is 0 Å². The summed E-state index contributed by atoms with van der Waals surface area (Å²) in [5.41, 5.74) is 20.8. The van der Waals surface area contributed by atoms with Crippen LogP contribution in [0.15, 0.2) is 17.3 Å². The second-order valence-electron chi connectivity index (χ2n) is 6.27. The minimum absolute atomic E-state index is 0.297. The molecule has 4 rings (SSSR count). The molecule has 2 aliphatic heterocycles. The van der Waals surface area contributed by atoms with Crippen molar-refractivity contribution in [2.24, 2.45) is 22.4 Å². The van der Waals surface area contributed by atoms with E-state index in [1.54, 1.807) is 6.20 Å². The van der Waals surface area contributed by atoms with Crippen LogP contribution >= 0.6 is 0 Å². The highest BCUT2D eigenvalue weighted by atomic mass is 15.6. The Labute approximate surface area is 123 Å². The average Bonchev–Trinajstić information content (AvgIpc) is 3.21. The number of nitrogens with zero attached hydrogens (tertiary/aromatic N) is 3. The molecule has 1 aliphatic carbocycles. The van der Waals surface area contributed by atoms with E-state index in [0.29, 0.717) is 5.96 Å². The Balaban J connectivity index is 1.58. The minimum Gasteiger partial charge on any atom is -0.369 e. The summed E-state index contributed by atoms with van der Waals surface area (Å²) in [6.07, 6.45) is 5.58. The number of pyridine rings is 1. The van der Waals surface area contributed by atoms with E-state index in [-0.39, 0.29) is 0 Å². The Bertz CT molecular complexity index is 595. The number of fused-ring (bicyclic) bond motifs is 1. The summed E-state index contributed by atoms with van der Waals surface area (Å²) in [5, 5.41) is 0. The zero-order chi connectivity index (χ0) is 14.4. The van der Waals surface area contributed by atoms with Crippen molar-refractivity contribution in [2.45, 2.75) is 31.6 Å². The summed E-state index contributed by atoms with van der Waals surface area (Å²) in [6.45, 7) is 3.27. The van der Waals surface area contributed by atoms with Gasteiger partial charge in [-0.15, -0.1) is 0 Å². The number of nitrogens with one attached hydrogen (secondary N) is 2. The van der Waals surface area contributed by atoms with Gasteiger partial charge in [-0.25, -0.2) is 4.99 Å². The van der Waals surface area contributed by atoms with E-state index >= 15 is 0 Å². The Morgan fingerprint density at radius 1 is 1.43 bits per heavy atom. The monoisotopic (exact) mass is 287 g/mol. The Morgan fingerprint density at radius 2 is 2.29 bits per heavy atom. The van der Waals surface area contributed by atoms with Crippen LogP contribution in [0.2, 0.25) is 0 Å². The lowest BCUT2D eigenvalue weighted by Crippen LogP contribution is -2.50. The van der Waals surface area contributed by atoms with Crippen LogP contribution in [0.1, 0.15) is 29.7 Å². The maximum absolute atomic E-state index is 6.23. The molecule has 1 unspecified atom stereocenters. The number of guanidine groups is 1. The molecular formula is C14H21N7. The molecule has 21 heavy (non-hydrogen) atoms. The summed E-state index contributed by atoms with van der Waals surface area (Å²) in [5.74, 6) is 0.185. The van der Waals surface area contributed by atoms with E-state index in [4.69, 9.17) is 11.5 Å². The number of aliphatic imine (C=N–C) groups is 1. The van der Waals surface area contributed by atoms with Crippen LogP contribution in [-0.2, 0) is 18.8 Å². The van der Waals surface area contributed by atoms with Crippen molar-refractivity contribution < 1.29 is 0 Å². The molecule has 0 spiro atoms. The number of nitrogens with two attached hydrogens (primary N) is 2. The van der Waals surface area contributed by atoms with Gasteiger partial charge in [0.1, 0.15) is 0 Å². The molecule has 3 heterocycles. The number of hydrogen-bond donors (Lipinski definition) is 4. The van der Waals surface area contributed by atoms with E-state index in [9.17, 15) is 0 Å². The summed E-state index contributed by atoms with van der Waals surface area (Å²) in [6, 6.07) is 2.11. The summed E-state index contributed by atoms with van der Waals surface area (Å²) in [7, 11) is 0. The fourth-order valence-corrected chi connectivity index (χ4v) is 3.06. The third-order valence-electron chi connectivity index (χ3n) is 4.45. The van der Waals surface area contributed by atoms with Gasteiger partial charge in [-0.2, -0.15) is 5.43 Å². The third kappa shape index (κ3) is 2.48. The van der Waals surface area contributed by atoms with Crippen molar-refractivity contribution in [3.8, 4) is 0 Å². The summed E-state index contributed by atoms with van der Waals surface area (Å²) in [4.78, 5) is 11.3. The molecule has 6 N–H and O–H groups in total. The number of hydrogen-bond acceptors (Lipinski definition) is 7. The second kappa shape index (κ2) is 4.66. The van der Waals surface area contributed by atoms with Gasteiger partial charge in [0.05, 0.1) is 0 Å². The predicted octanol–water partition coefficient (Wildman–Crippen LogP) is -0.659. The zero-order valence-electron chi connectivity index (χ0n) is 12.0. The Kier molecular flexibility index (Phi) is 2.88. The molecule has 7 heteroatoms. The second-order valence-corrected chi connectivity index (χ2v) is 6.27. The molecule has 1 atom stereocenters. The van der Waals surface area contributed by atoms with Crippen molar-refractivity contribution in [2.75, 3.05) is 13.1 Å². The standard InChI is InChI=1S/C14H21N7/c15-13-18-14(16,20-19-13)11-5-10-8-21(7-9-1-2-9)4-3-12(10)17-6-11/h5-6,9,20H,1-4,7-8,16H2,(H3,15,18,19). The van der Waals surface area contributed by atoms with Crippen molar-refractivity contribution >= 4 is 5.96 Å². The fraction of sp³-hybridized carbons (Fsp3) is 0.571. The Hall–Kier alpha value is -1.70. The highest BCUT2D eigenvalue weighted by molar-refractivity contribution is 5.79. The minimum atomic E-state index is -1.02. The third-order valence-corrected chi connectivity index (χ3v) is 4.45. The fourth-order valence-electron chi connectivity index (χ4n) is 3.06. The van der Waals surface area contributed by atoms with E-state index in [2.05, 4.69) is 31.8 Å². The number of rotatable bonds is 3. The Morgan fingerprint density at radius 3 is 3.00 bits per heavy atom. The molecule has 3 aliphatic rings. The molecule has 1 aromatic rings. The molecule has 1 fully saturated rings. The van der Waals surface area contributed by atoms with Crippen LogP contribution in [0.4, 0.5) is 0 Å². The molecule has 1 aromatic heterocycles. The first kappa shape index (κ1) is 13.0. The normalized spacial score (nSPS) is 28.9. The summed E-state index contributed by atoms with van der Waals surface area (Å²) >= 11 is 0. The van der Waals surface area contributed by atoms with Crippen LogP contribution in [0, 0.1) is 5.92 Å². The maximum Gasteiger partial charge on any atom is 0.210 e. The van der Waals surface area contributed by atoms with Crippen LogP contribution in [0.25, 0.3) is 0 Å². The van der Waals surface area contributed by atoms with E-state index in [1.165, 1.54) is 30.6 Å². The highest BCUT2D eigenvalue weighted by Gasteiger charge is 2.33. The van der Waals surface area contributed by atoms with Gasteiger partial charge in [-0.05, 0) is 30.4 Å². The molecule has 1 saturated carbocycles. The van der Waals surface area contributed by atoms with Gasteiger partial charge in [0.2, 0.25) is 11.7 Å². The molecule has 112 valence electrons. The SMILES string of the molecule is NC1=NC(N)(c2cnc3c(c2)CN(CC2CC2)CC3)NN1. The predicted molar refractivity (Wildman–Crippen MR) is 79.7 cm³/mol. The topological polar surface area (TPSA) is 105 Å². The molecule has 0 bridgehead atoms. The average molecular weight is 287 g/mol. The lowest BCUT2D eigenvalue weighted by Gasteiger charge is -2.29. The van der Waals surface area contributed by atoms with E-state index in [0.717, 1.165) is 31.0 Å². The van der Waals surface area contributed by atoms with E-state index < -0.39 is 5.79 Å². The van der Waals surface area contributed by atoms with Gasteiger partial charge < -0.3 is 5.73 Å².